The van der Waals surface area contributed by atoms with Crippen molar-refractivity contribution >= 4 is 57.1 Å². The predicted molar refractivity (Wildman–Crippen MR) is 202 cm³/mol. The van der Waals surface area contributed by atoms with Crippen molar-refractivity contribution in [2.24, 2.45) is 7.05 Å². The van der Waals surface area contributed by atoms with Crippen molar-refractivity contribution in [2.45, 2.75) is 37.5 Å². The van der Waals surface area contributed by atoms with Crippen LogP contribution in [0.4, 0.5) is 5.69 Å². The highest BCUT2D eigenvalue weighted by Crippen LogP contribution is 2.35. The molecule has 2 amide bonds. The topological polar surface area (TPSA) is 134 Å². The highest BCUT2D eigenvalue weighted by Gasteiger charge is 2.37. The first-order chi connectivity index (χ1) is 24.7. The van der Waals surface area contributed by atoms with Gasteiger partial charge in [0.2, 0.25) is 11.8 Å². The van der Waals surface area contributed by atoms with E-state index in [1.54, 1.807) is 40.3 Å². The molecule has 0 bridgehead atoms. The number of aromatic nitrogens is 6. The van der Waals surface area contributed by atoms with Gasteiger partial charge in [-0.05, 0) is 80.8 Å². The van der Waals surface area contributed by atoms with Crippen LogP contribution >= 0.6 is 23.1 Å². The lowest BCUT2D eigenvalue weighted by atomic mass is 10.1. The van der Waals surface area contributed by atoms with Crippen LogP contribution in [-0.2, 0) is 16.6 Å². The lowest BCUT2D eigenvalue weighted by Crippen LogP contribution is -2.42. The van der Waals surface area contributed by atoms with E-state index in [-0.39, 0.29) is 17.9 Å². The predicted octanol–water partition coefficient (Wildman–Crippen LogP) is 5.33. The Bertz CT molecular complexity index is 2160. The normalized spacial score (nSPS) is 17.7. The third-order valence-corrected chi connectivity index (χ3v) is 11.3. The number of pyridine rings is 1. The molecule has 1 aromatic carbocycles. The van der Waals surface area contributed by atoms with E-state index in [2.05, 4.69) is 65.5 Å². The zero-order valence-corrected chi connectivity index (χ0v) is 30.6. The molecule has 0 unspecified atom stereocenters. The maximum Gasteiger partial charge on any atom is 0.300 e. The molecule has 14 heteroatoms. The van der Waals surface area contributed by atoms with Crippen LogP contribution in [0, 0.1) is 11.8 Å². The largest absolute Gasteiger partial charge is 0.475 e. The number of likely N-dealkylation sites (tertiary alicyclic amines) is 1. The maximum atomic E-state index is 13.3. The van der Waals surface area contributed by atoms with Gasteiger partial charge >= 0.3 is 0 Å². The molecule has 12 nitrogen and oxygen atoms in total. The summed E-state index contributed by atoms with van der Waals surface area (Å²) in [5.41, 5.74) is 4.29. The summed E-state index contributed by atoms with van der Waals surface area (Å²) in [5.74, 6) is 7.10. The molecule has 0 saturated carbocycles. The van der Waals surface area contributed by atoms with Gasteiger partial charge in [0.1, 0.15) is 12.0 Å². The fourth-order valence-electron chi connectivity index (χ4n) is 6.28. The molecule has 2 N–H and O–H groups in total. The first-order valence-corrected chi connectivity index (χ1v) is 18.9. The van der Waals surface area contributed by atoms with Gasteiger partial charge in [0.25, 0.3) is 5.91 Å². The van der Waals surface area contributed by atoms with Crippen molar-refractivity contribution < 1.29 is 14.3 Å². The molecule has 2 aliphatic heterocycles. The van der Waals surface area contributed by atoms with Crippen molar-refractivity contribution in [3.63, 3.8) is 0 Å². The van der Waals surface area contributed by atoms with E-state index in [1.807, 2.05) is 62.4 Å². The van der Waals surface area contributed by atoms with Crippen LogP contribution in [0.15, 0.2) is 61.1 Å². The van der Waals surface area contributed by atoms with Crippen LogP contribution in [0.2, 0.25) is 0 Å². The lowest BCUT2D eigenvalue weighted by molar-refractivity contribution is -0.131. The minimum absolute atomic E-state index is 0.0348. The van der Waals surface area contributed by atoms with Crippen LogP contribution in [0.1, 0.15) is 31.6 Å². The van der Waals surface area contributed by atoms with Gasteiger partial charge in [0.15, 0.2) is 5.82 Å². The number of ether oxygens (including phenoxy) is 1. The number of H-pyrrole nitrogens is 1. The Balaban J connectivity index is 0.937. The lowest BCUT2D eigenvalue weighted by Gasteiger charge is -2.28. The summed E-state index contributed by atoms with van der Waals surface area (Å²) in [5, 5.41) is 15.7. The molecule has 0 aliphatic carbocycles. The summed E-state index contributed by atoms with van der Waals surface area (Å²) in [7, 11) is 1.86. The number of rotatable bonds is 9. The van der Waals surface area contributed by atoms with Crippen molar-refractivity contribution in [3.8, 4) is 39.7 Å². The molecule has 0 spiro atoms. The number of hydrogen-bond acceptors (Lipinski definition) is 10. The third-order valence-electron chi connectivity index (χ3n) is 8.96. The van der Waals surface area contributed by atoms with Crippen molar-refractivity contribution in [1.82, 2.24) is 39.7 Å². The average Bonchev–Trinajstić information content (AvgIpc) is 3.95. The zero-order valence-electron chi connectivity index (χ0n) is 29.0. The van der Waals surface area contributed by atoms with E-state index in [0.29, 0.717) is 37.7 Å². The Morgan fingerprint density at radius 3 is 2.73 bits per heavy atom. The van der Waals surface area contributed by atoms with Gasteiger partial charge in [-0.15, -0.1) is 23.1 Å². The second-order valence-electron chi connectivity index (χ2n) is 13.0. The molecule has 0 radical (unpaired) electrons. The van der Waals surface area contributed by atoms with Crippen molar-refractivity contribution in [1.29, 1.82) is 0 Å². The summed E-state index contributed by atoms with van der Waals surface area (Å²) in [6.07, 6.45) is 9.22. The monoisotopic (exact) mass is 721 g/mol. The second kappa shape index (κ2) is 14.7. The first-order valence-electron chi connectivity index (χ1n) is 16.8. The summed E-state index contributed by atoms with van der Waals surface area (Å²) in [6, 6.07) is 13.5. The van der Waals surface area contributed by atoms with Gasteiger partial charge < -0.3 is 15.0 Å². The number of nitrogens with zero attached hydrogens (tertiary/aromatic N) is 7. The summed E-state index contributed by atoms with van der Waals surface area (Å²) >= 11 is 3.32. The number of fused-ring (bicyclic) bond motifs is 1. The number of nitrogens with one attached hydrogen (secondary N) is 2. The van der Waals surface area contributed by atoms with Gasteiger partial charge in [-0.2, -0.15) is 10.2 Å². The maximum absolute atomic E-state index is 13.3. The Morgan fingerprint density at radius 2 is 2.00 bits per heavy atom. The molecular weight excluding hydrogens is 683 g/mol. The molecule has 2 aliphatic rings. The fraction of sp³-hybridized carbons (Fsp3) is 0.351. The van der Waals surface area contributed by atoms with E-state index in [1.165, 1.54) is 10.5 Å². The van der Waals surface area contributed by atoms with Crippen LogP contribution in [-0.4, -0.2) is 101 Å². The Morgan fingerprint density at radius 1 is 1.14 bits per heavy atom. The standard InChI is InChI=1S/C37H39N9O3S2/c1-24(2)49-33-10-5-26(20-38-33)35-28-19-27(6-7-29(28)41-42-35)40-32(47)11-14-37(50-4)15-18-45(22-37)21-34(48)46-16-12-25(13-17-46)30-8-9-31(51-30)36-39-23-44(3)43-36/h5-10,12,19-20,23-24H,13,15-18,21-22H2,1-4H3,(H,40,47)(H,41,42)/t37-/m0/s1. The Kier molecular flexibility index (Phi) is 9.95. The molecule has 1 saturated heterocycles. The Hall–Kier alpha value is -4.97. The summed E-state index contributed by atoms with van der Waals surface area (Å²) < 4.78 is 6.94. The van der Waals surface area contributed by atoms with Crippen LogP contribution in [0.3, 0.4) is 0 Å². The molecule has 6 heterocycles. The number of anilines is 1. The van der Waals surface area contributed by atoms with Gasteiger partial charge in [-0.3, -0.25) is 24.3 Å². The van der Waals surface area contributed by atoms with Crippen molar-refractivity contribution in [2.75, 3.05) is 44.3 Å². The number of aryl methyl sites for hydroxylation is 1. The van der Waals surface area contributed by atoms with Gasteiger partial charge in [-0.25, -0.2) is 9.97 Å². The number of benzene rings is 1. The molecule has 5 aromatic rings. The Labute approximate surface area is 304 Å². The number of hydrogen-bond donors (Lipinski definition) is 2. The quantitative estimate of drug-likeness (QED) is 0.194. The van der Waals surface area contributed by atoms with Crippen LogP contribution in [0.25, 0.3) is 38.4 Å². The summed E-state index contributed by atoms with van der Waals surface area (Å²) in [6.45, 7) is 6.89. The summed E-state index contributed by atoms with van der Waals surface area (Å²) in [4.78, 5) is 41.4. The minimum Gasteiger partial charge on any atom is -0.475 e. The van der Waals surface area contributed by atoms with E-state index >= 15 is 0 Å². The van der Waals surface area contributed by atoms with Crippen LogP contribution in [0.5, 0.6) is 5.88 Å². The SMILES string of the molecule is CS[C@@]1(C#CC(=O)Nc2ccc3[nH]nc(-c4ccc(OC(C)C)nc4)c3c2)CCN(CC(=O)N2CC=C(c3ccc(-c4ncn(C)n4)s3)CC2)C1. The van der Waals surface area contributed by atoms with Crippen molar-refractivity contribution in [3.05, 3.63) is 65.9 Å². The smallest absolute Gasteiger partial charge is 0.300 e. The highest BCUT2D eigenvalue weighted by molar-refractivity contribution is 8.00. The molecule has 262 valence electrons. The minimum atomic E-state index is -0.425. The fourth-order valence-corrected chi connectivity index (χ4v) is 8.05. The van der Waals surface area contributed by atoms with E-state index in [9.17, 15) is 9.59 Å². The molecule has 51 heavy (non-hydrogen) atoms. The van der Waals surface area contributed by atoms with E-state index in [4.69, 9.17) is 4.74 Å². The number of carbonyl (C=O) groups excluding carboxylic acids is 2. The van der Waals surface area contributed by atoms with Crippen LogP contribution < -0.4 is 10.1 Å². The first kappa shape index (κ1) is 34.5. The number of thiophene rings is 1. The average molecular weight is 722 g/mol. The number of aromatic amines is 1. The van der Waals surface area contributed by atoms with E-state index in [0.717, 1.165) is 52.2 Å². The van der Waals surface area contributed by atoms with Gasteiger partial charge in [0, 0.05) is 67.0 Å². The molecule has 7 rings (SSSR count). The number of amides is 2. The molecule has 1 atom stereocenters. The molecule has 1 fully saturated rings. The van der Waals surface area contributed by atoms with Gasteiger partial charge in [-0.1, -0.05) is 12.0 Å². The van der Waals surface area contributed by atoms with Gasteiger partial charge in [0.05, 0.1) is 27.8 Å². The van der Waals surface area contributed by atoms with E-state index < -0.39 is 4.75 Å². The third kappa shape index (κ3) is 7.85. The zero-order chi connectivity index (χ0) is 35.5. The molecular formula is C37H39N9O3S2. The highest BCUT2D eigenvalue weighted by atomic mass is 32.2. The number of thioether (sulfide) groups is 1. The molecule has 4 aromatic heterocycles. The number of carbonyl (C=O) groups is 2. The second-order valence-corrected chi connectivity index (χ2v) is 15.2.